The normalized spacial score (nSPS) is 16.5. The van der Waals surface area contributed by atoms with E-state index in [2.05, 4.69) is 33.5 Å². The molecule has 3 aromatic rings. The average Bonchev–Trinajstić information content (AvgIpc) is 2.67. The molecule has 0 spiro atoms. The number of rotatable bonds is 3. The monoisotopic (exact) mass is 383 g/mol. The molecule has 0 saturated heterocycles. The molecule has 0 amide bonds. The lowest BCUT2D eigenvalue weighted by atomic mass is 9.88. The van der Waals surface area contributed by atoms with Gasteiger partial charge >= 0.3 is 6.18 Å². The lowest BCUT2D eigenvalue weighted by Crippen LogP contribution is -2.18. The zero-order valence-corrected chi connectivity index (χ0v) is 15.4. The van der Waals surface area contributed by atoms with Gasteiger partial charge < -0.3 is 5.32 Å². The van der Waals surface area contributed by atoms with Crippen LogP contribution in [-0.4, -0.2) is 9.97 Å². The number of anilines is 1. The highest BCUT2D eigenvalue weighted by molar-refractivity contribution is 5.63. The Labute approximate surface area is 161 Å². The first-order valence-corrected chi connectivity index (χ1v) is 9.28. The molecule has 1 aliphatic rings. The summed E-state index contributed by atoms with van der Waals surface area (Å²) in [5.74, 6) is 1.26. The molecular formula is C22H20F3N3. The van der Waals surface area contributed by atoms with Crippen LogP contribution >= 0.6 is 0 Å². The number of nitrogens with one attached hydrogen (secondary N) is 1. The van der Waals surface area contributed by atoms with Gasteiger partial charge in [0.1, 0.15) is 11.6 Å². The molecule has 1 aromatic heterocycles. The summed E-state index contributed by atoms with van der Waals surface area (Å²) in [6.07, 6.45) is -1.16. The van der Waals surface area contributed by atoms with Crippen LogP contribution in [0.4, 0.5) is 19.0 Å². The highest BCUT2D eigenvalue weighted by atomic mass is 19.4. The van der Waals surface area contributed by atoms with Gasteiger partial charge in [-0.25, -0.2) is 9.97 Å². The van der Waals surface area contributed by atoms with E-state index in [-0.39, 0.29) is 6.04 Å². The van der Waals surface area contributed by atoms with Crippen LogP contribution in [0.2, 0.25) is 0 Å². The largest absolute Gasteiger partial charge is 0.416 e. The van der Waals surface area contributed by atoms with Gasteiger partial charge in [-0.3, -0.25) is 0 Å². The van der Waals surface area contributed by atoms with Gasteiger partial charge in [0.2, 0.25) is 0 Å². The highest BCUT2D eigenvalue weighted by Crippen LogP contribution is 2.33. The van der Waals surface area contributed by atoms with Crippen LogP contribution in [-0.2, 0) is 12.6 Å². The third-order valence-electron chi connectivity index (χ3n) is 5.04. The van der Waals surface area contributed by atoms with Gasteiger partial charge in [-0.1, -0.05) is 36.4 Å². The molecule has 144 valence electrons. The lowest BCUT2D eigenvalue weighted by Gasteiger charge is -2.27. The fraction of sp³-hybridized carbons (Fsp3) is 0.273. The molecule has 0 saturated carbocycles. The Morgan fingerprint density at radius 1 is 1.00 bits per heavy atom. The first-order valence-electron chi connectivity index (χ1n) is 9.28. The predicted molar refractivity (Wildman–Crippen MR) is 103 cm³/mol. The van der Waals surface area contributed by atoms with Crippen molar-refractivity contribution in [1.29, 1.82) is 0 Å². The van der Waals surface area contributed by atoms with Gasteiger partial charge in [-0.15, -0.1) is 0 Å². The number of hydrogen-bond donors (Lipinski definition) is 1. The van der Waals surface area contributed by atoms with Gasteiger partial charge in [0, 0.05) is 11.6 Å². The number of benzene rings is 2. The molecule has 1 aliphatic carbocycles. The molecule has 28 heavy (non-hydrogen) atoms. The second-order valence-electron chi connectivity index (χ2n) is 7.05. The number of nitrogens with zero attached hydrogens (tertiary/aromatic N) is 2. The first-order chi connectivity index (χ1) is 13.4. The average molecular weight is 383 g/mol. The second-order valence-corrected chi connectivity index (χ2v) is 7.05. The lowest BCUT2D eigenvalue weighted by molar-refractivity contribution is -0.137. The summed E-state index contributed by atoms with van der Waals surface area (Å²) < 4.78 is 38.4. The van der Waals surface area contributed by atoms with Crippen molar-refractivity contribution >= 4 is 5.82 Å². The van der Waals surface area contributed by atoms with Crippen LogP contribution < -0.4 is 5.32 Å². The summed E-state index contributed by atoms with van der Waals surface area (Å²) in [5, 5.41) is 3.49. The number of alkyl halides is 3. The zero-order valence-electron chi connectivity index (χ0n) is 15.4. The van der Waals surface area contributed by atoms with Gasteiger partial charge in [-0.05, 0) is 49.4 Å². The Hall–Kier alpha value is -2.89. The number of halogens is 3. The fourth-order valence-electron chi connectivity index (χ4n) is 3.70. The topological polar surface area (TPSA) is 37.8 Å². The Kier molecular flexibility index (Phi) is 4.79. The Balaban J connectivity index is 1.62. The van der Waals surface area contributed by atoms with Crippen molar-refractivity contribution in [3.63, 3.8) is 0 Å². The van der Waals surface area contributed by atoms with E-state index in [1.54, 1.807) is 13.0 Å². The van der Waals surface area contributed by atoms with E-state index in [1.807, 2.05) is 6.07 Å². The summed E-state index contributed by atoms with van der Waals surface area (Å²) in [7, 11) is 0. The Morgan fingerprint density at radius 3 is 2.50 bits per heavy atom. The van der Waals surface area contributed by atoms with Crippen LogP contribution in [0.5, 0.6) is 0 Å². The van der Waals surface area contributed by atoms with Crippen molar-refractivity contribution in [1.82, 2.24) is 9.97 Å². The zero-order chi connectivity index (χ0) is 19.7. The second kappa shape index (κ2) is 7.26. The molecule has 6 heteroatoms. The van der Waals surface area contributed by atoms with E-state index >= 15 is 0 Å². The molecule has 0 bridgehead atoms. The molecule has 4 rings (SSSR count). The van der Waals surface area contributed by atoms with Crippen molar-refractivity contribution < 1.29 is 13.2 Å². The summed E-state index contributed by atoms with van der Waals surface area (Å²) in [6, 6.07) is 15.4. The molecule has 0 fully saturated rings. The third kappa shape index (κ3) is 3.86. The number of aromatic nitrogens is 2. The van der Waals surface area contributed by atoms with Crippen LogP contribution in [0.25, 0.3) is 11.3 Å². The van der Waals surface area contributed by atoms with E-state index < -0.39 is 11.7 Å². The third-order valence-corrected chi connectivity index (χ3v) is 5.04. The van der Waals surface area contributed by atoms with Crippen LogP contribution in [0, 0.1) is 6.92 Å². The minimum Gasteiger partial charge on any atom is -0.363 e. The predicted octanol–water partition coefficient (Wildman–Crippen LogP) is 5.96. The van der Waals surface area contributed by atoms with E-state index in [0.717, 1.165) is 31.4 Å². The molecule has 3 nitrogen and oxygen atoms in total. The number of fused-ring (bicyclic) bond motifs is 1. The van der Waals surface area contributed by atoms with E-state index in [0.29, 0.717) is 22.9 Å². The van der Waals surface area contributed by atoms with Gasteiger partial charge in [0.05, 0.1) is 17.3 Å². The summed E-state index contributed by atoms with van der Waals surface area (Å²) in [6.45, 7) is 1.79. The van der Waals surface area contributed by atoms with Crippen molar-refractivity contribution in [2.75, 3.05) is 5.32 Å². The van der Waals surface area contributed by atoms with Crippen molar-refractivity contribution in [2.24, 2.45) is 0 Å². The molecule has 1 N–H and O–H groups in total. The molecular weight excluding hydrogens is 363 g/mol. The maximum Gasteiger partial charge on any atom is 0.416 e. The number of aryl methyl sites for hydroxylation is 2. The van der Waals surface area contributed by atoms with Crippen LogP contribution in [0.3, 0.4) is 0 Å². The molecule has 1 unspecified atom stereocenters. The molecule has 2 aromatic carbocycles. The summed E-state index contributed by atoms with van der Waals surface area (Å²) in [4.78, 5) is 8.88. The van der Waals surface area contributed by atoms with Crippen molar-refractivity contribution in [3.8, 4) is 11.3 Å². The molecule has 0 radical (unpaired) electrons. The maximum atomic E-state index is 12.8. The van der Waals surface area contributed by atoms with E-state index in [4.69, 9.17) is 0 Å². The molecule has 1 atom stereocenters. The summed E-state index contributed by atoms with van der Waals surface area (Å²) in [5.41, 5.74) is 3.19. The summed E-state index contributed by atoms with van der Waals surface area (Å²) >= 11 is 0. The molecule has 0 aliphatic heterocycles. The van der Waals surface area contributed by atoms with E-state index in [9.17, 15) is 13.2 Å². The van der Waals surface area contributed by atoms with Crippen LogP contribution in [0.1, 0.15) is 41.4 Å². The van der Waals surface area contributed by atoms with E-state index in [1.165, 1.54) is 23.3 Å². The first kappa shape index (κ1) is 18.5. The van der Waals surface area contributed by atoms with Gasteiger partial charge in [-0.2, -0.15) is 13.2 Å². The maximum absolute atomic E-state index is 12.8. The van der Waals surface area contributed by atoms with Crippen molar-refractivity contribution in [3.05, 3.63) is 77.1 Å². The SMILES string of the molecule is Cc1nc(NC2CCCc3ccccc32)cc(-c2ccc(C(F)(F)F)cc2)n1. The Morgan fingerprint density at radius 2 is 1.75 bits per heavy atom. The smallest absolute Gasteiger partial charge is 0.363 e. The molecule has 1 heterocycles. The van der Waals surface area contributed by atoms with Crippen molar-refractivity contribution in [2.45, 2.75) is 38.4 Å². The highest BCUT2D eigenvalue weighted by Gasteiger charge is 2.30. The quantitative estimate of drug-likeness (QED) is 0.606. The minimum atomic E-state index is -4.35. The minimum absolute atomic E-state index is 0.166. The van der Waals surface area contributed by atoms with Gasteiger partial charge in [0.25, 0.3) is 0 Å². The van der Waals surface area contributed by atoms with Gasteiger partial charge in [0.15, 0.2) is 0 Å². The standard InChI is InChI=1S/C22H20F3N3/c1-14-26-20(16-9-11-17(12-10-16)22(23,24)25)13-21(27-14)28-19-8-4-6-15-5-2-3-7-18(15)19/h2-3,5,7,9-13,19H,4,6,8H2,1H3,(H,26,27,28). The number of hydrogen-bond acceptors (Lipinski definition) is 3. The Bertz CT molecular complexity index is 981. The fourth-order valence-corrected chi connectivity index (χ4v) is 3.70. The van der Waals surface area contributed by atoms with Crippen LogP contribution in [0.15, 0.2) is 54.6 Å².